The number of aliphatic hydroxyl groups is 1. The lowest BCUT2D eigenvalue weighted by atomic mass is 9.81. The molecule has 1 unspecified atom stereocenters. The van der Waals surface area contributed by atoms with Crippen LogP contribution in [0, 0.1) is 0 Å². The molecule has 0 heterocycles. The zero-order chi connectivity index (χ0) is 19.7. The maximum absolute atomic E-state index is 11.5. The highest BCUT2D eigenvalue weighted by Crippen LogP contribution is 2.21. The molecule has 26 heavy (non-hydrogen) atoms. The fourth-order valence-corrected chi connectivity index (χ4v) is 2.72. The van der Waals surface area contributed by atoms with Crippen molar-refractivity contribution >= 4 is 13.1 Å². The van der Waals surface area contributed by atoms with Gasteiger partial charge in [-0.3, -0.25) is 4.79 Å². The molecule has 0 aliphatic heterocycles. The van der Waals surface area contributed by atoms with Gasteiger partial charge >= 0.3 is 13.1 Å². The summed E-state index contributed by atoms with van der Waals surface area (Å²) < 4.78 is 0. The van der Waals surface area contributed by atoms with Gasteiger partial charge in [0.15, 0.2) is 0 Å². The number of rotatable bonds is 12. The monoisotopic (exact) mass is 368 g/mol. The number of hydrogen-bond donors (Lipinski definition) is 6. The van der Waals surface area contributed by atoms with Gasteiger partial charge in [-0.05, 0) is 43.9 Å². The van der Waals surface area contributed by atoms with Crippen molar-refractivity contribution in [3.63, 3.8) is 0 Å². The molecule has 0 spiro atoms. The molecular weight excluding hydrogens is 339 g/mol. The van der Waals surface area contributed by atoms with Gasteiger partial charge in [0.1, 0.15) is 11.3 Å². The number of nitrogens with zero attached hydrogens (tertiary/aromatic N) is 1. The number of phenolic OH excluding ortho intramolecular Hbond substituents is 1. The number of likely N-dealkylation sites (N-methyl/N-ethyl adjacent to an activating group) is 1. The van der Waals surface area contributed by atoms with Gasteiger partial charge in [-0.15, -0.1) is 0 Å². The topological polar surface area (TPSA) is 147 Å². The summed E-state index contributed by atoms with van der Waals surface area (Å²) in [5.74, 6) is -1.02. The second-order valence-corrected chi connectivity index (χ2v) is 6.81. The van der Waals surface area contributed by atoms with E-state index < -0.39 is 24.7 Å². The summed E-state index contributed by atoms with van der Waals surface area (Å²) in [4.78, 5) is 13.3. The van der Waals surface area contributed by atoms with E-state index in [0.29, 0.717) is 24.9 Å². The van der Waals surface area contributed by atoms with E-state index in [2.05, 4.69) is 0 Å². The molecule has 2 atom stereocenters. The molecule has 0 bridgehead atoms. The number of nitrogens with two attached hydrogens (primary N) is 1. The first kappa shape index (κ1) is 22.4. The van der Waals surface area contributed by atoms with E-state index in [1.54, 1.807) is 24.1 Å². The van der Waals surface area contributed by atoms with Gasteiger partial charge in [-0.25, -0.2) is 0 Å². The molecule has 0 radical (unpaired) electrons. The Labute approximate surface area is 154 Å². The van der Waals surface area contributed by atoms with Crippen molar-refractivity contribution in [1.29, 1.82) is 0 Å². The maximum atomic E-state index is 11.5. The summed E-state index contributed by atoms with van der Waals surface area (Å²) in [6.07, 6.45) is 0.776. The first-order valence-electron chi connectivity index (χ1n) is 8.68. The summed E-state index contributed by atoms with van der Waals surface area (Å²) in [6, 6.07) is 6.36. The molecule has 9 heteroatoms. The lowest BCUT2D eigenvalue weighted by Gasteiger charge is -2.28. The van der Waals surface area contributed by atoms with Gasteiger partial charge in [-0.2, -0.15) is 0 Å². The number of unbranched alkanes of at least 4 members (excludes halogenated alkanes) is 1. The number of aromatic hydroxyl groups is 1. The molecule has 0 fully saturated rings. The zero-order valence-electron chi connectivity index (χ0n) is 15.1. The van der Waals surface area contributed by atoms with Crippen LogP contribution in [0.1, 0.15) is 37.4 Å². The third-order valence-corrected chi connectivity index (χ3v) is 4.44. The second kappa shape index (κ2) is 10.5. The maximum Gasteiger partial charge on any atom is 0.451 e. The number of aliphatic hydroxyl groups excluding tert-OH is 1. The number of hydrogen-bond acceptors (Lipinski definition) is 7. The first-order chi connectivity index (χ1) is 12.1. The minimum Gasteiger partial charge on any atom is -0.508 e. The Morgan fingerprint density at radius 3 is 2.58 bits per heavy atom. The number of aliphatic carboxylic acids is 1. The van der Waals surface area contributed by atoms with Crippen LogP contribution < -0.4 is 5.73 Å². The van der Waals surface area contributed by atoms with Gasteiger partial charge < -0.3 is 36.0 Å². The van der Waals surface area contributed by atoms with E-state index in [-0.39, 0.29) is 31.5 Å². The fraction of sp³-hybridized carbons (Fsp3) is 0.588. The van der Waals surface area contributed by atoms with Gasteiger partial charge in [0, 0.05) is 13.1 Å². The van der Waals surface area contributed by atoms with E-state index in [0.717, 1.165) is 0 Å². The van der Waals surface area contributed by atoms with Crippen LogP contribution in [0.15, 0.2) is 24.3 Å². The van der Waals surface area contributed by atoms with Crippen molar-refractivity contribution in [3.05, 3.63) is 29.8 Å². The molecule has 1 aromatic rings. The predicted octanol–water partition coefficient (Wildman–Crippen LogP) is 0.173. The van der Waals surface area contributed by atoms with E-state index >= 15 is 0 Å². The fourth-order valence-electron chi connectivity index (χ4n) is 2.72. The van der Waals surface area contributed by atoms with Crippen molar-refractivity contribution in [2.45, 2.75) is 43.6 Å². The molecule has 0 amide bonds. The first-order valence-corrected chi connectivity index (χ1v) is 8.68. The molecule has 0 saturated heterocycles. The standard InChI is InChI=1S/C17H29BN2O6/c1-20(12-15(22)13-5-4-6-14(21)11-13)10-8-17(19,16(23)24)7-2-3-9-18(25)26/h4-6,11,15,21-22,25-26H,2-3,7-10,12,19H2,1H3,(H,23,24)/t15?,17-/m1/s1. The van der Waals surface area contributed by atoms with Crippen molar-refractivity contribution in [3.8, 4) is 5.75 Å². The third kappa shape index (κ3) is 7.71. The van der Waals surface area contributed by atoms with Crippen LogP contribution in [0.4, 0.5) is 0 Å². The molecule has 0 saturated carbocycles. The molecule has 1 aromatic carbocycles. The average molecular weight is 368 g/mol. The van der Waals surface area contributed by atoms with Gasteiger partial charge in [0.25, 0.3) is 0 Å². The zero-order valence-corrected chi connectivity index (χ0v) is 15.1. The highest BCUT2D eigenvalue weighted by molar-refractivity contribution is 6.40. The van der Waals surface area contributed by atoms with Gasteiger partial charge in [0.2, 0.25) is 0 Å². The predicted molar refractivity (Wildman–Crippen MR) is 98.6 cm³/mol. The summed E-state index contributed by atoms with van der Waals surface area (Å²) in [5, 5.41) is 46.8. The Kier molecular flexibility index (Phi) is 9.04. The Morgan fingerprint density at radius 2 is 2.00 bits per heavy atom. The van der Waals surface area contributed by atoms with Crippen molar-refractivity contribution in [2.75, 3.05) is 20.1 Å². The lowest BCUT2D eigenvalue weighted by Crippen LogP contribution is -2.50. The van der Waals surface area contributed by atoms with Crippen LogP contribution in [0.25, 0.3) is 0 Å². The quantitative estimate of drug-likeness (QED) is 0.226. The molecule has 146 valence electrons. The highest BCUT2D eigenvalue weighted by Gasteiger charge is 2.33. The van der Waals surface area contributed by atoms with Crippen molar-refractivity contribution < 1.29 is 30.2 Å². The van der Waals surface area contributed by atoms with E-state index in [9.17, 15) is 20.1 Å². The molecular formula is C17H29BN2O6. The number of phenols is 1. The Bertz CT molecular complexity index is 574. The molecule has 8 nitrogen and oxygen atoms in total. The van der Waals surface area contributed by atoms with E-state index in [1.807, 2.05) is 0 Å². The lowest BCUT2D eigenvalue weighted by molar-refractivity contribution is -0.144. The largest absolute Gasteiger partial charge is 0.508 e. The average Bonchev–Trinajstić information content (AvgIpc) is 2.56. The summed E-state index contributed by atoms with van der Waals surface area (Å²) in [6.45, 7) is 0.650. The van der Waals surface area contributed by atoms with Crippen molar-refractivity contribution in [1.82, 2.24) is 4.90 Å². The Balaban J connectivity index is 2.50. The molecule has 0 aliphatic rings. The van der Waals surface area contributed by atoms with E-state index in [4.69, 9.17) is 15.8 Å². The minimum absolute atomic E-state index is 0.0732. The Morgan fingerprint density at radius 1 is 1.31 bits per heavy atom. The van der Waals surface area contributed by atoms with Crippen LogP contribution in [0.3, 0.4) is 0 Å². The van der Waals surface area contributed by atoms with Crippen LogP contribution in [0.2, 0.25) is 6.32 Å². The summed E-state index contributed by atoms with van der Waals surface area (Å²) in [5.41, 5.74) is 5.20. The Hall–Kier alpha value is -1.65. The second-order valence-electron chi connectivity index (χ2n) is 6.81. The number of carboxylic acids is 1. The molecule has 0 aromatic heterocycles. The van der Waals surface area contributed by atoms with Crippen LogP contribution in [-0.2, 0) is 4.79 Å². The van der Waals surface area contributed by atoms with E-state index in [1.165, 1.54) is 12.1 Å². The highest BCUT2D eigenvalue weighted by atomic mass is 16.4. The normalized spacial score (nSPS) is 14.8. The van der Waals surface area contributed by atoms with Gasteiger partial charge in [0.05, 0.1) is 6.10 Å². The summed E-state index contributed by atoms with van der Waals surface area (Å²) in [7, 11) is 0.369. The number of carbonyl (C=O) groups is 1. The molecule has 7 N–H and O–H groups in total. The SMILES string of the molecule is CN(CC[C@](N)(CCCCB(O)O)C(=O)O)CC(O)c1cccc(O)c1. The smallest absolute Gasteiger partial charge is 0.451 e. The molecule has 1 rings (SSSR count). The number of carboxylic acid groups (broad SMARTS) is 1. The number of benzene rings is 1. The van der Waals surface area contributed by atoms with Gasteiger partial charge in [-0.1, -0.05) is 25.0 Å². The minimum atomic E-state index is -1.40. The van der Waals surface area contributed by atoms with Crippen LogP contribution in [0.5, 0.6) is 5.75 Å². The van der Waals surface area contributed by atoms with Crippen LogP contribution >= 0.6 is 0 Å². The third-order valence-electron chi connectivity index (χ3n) is 4.44. The summed E-state index contributed by atoms with van der Waals surface area (Å²) >= 11 is 0. The van der Waals surface area contributed by atoms with Crippen molar-refractivity contribution in [2.24, 2.45) is 5.73 Å². The van der Waals surface area contributed by atoms with Crippen LogP contribution in [-0.4, -0.2) is 69.0 Å². The molecule has 0 aliphatic carbocycles.